The molecule has 0 aliphatic rings. The number of benzene rings is 1. The summed E-state index contributed by atoms with van der Waals surface area (Å²) in [6.07, 6.45) is 1.26. The fourth-order valence-corrected chi connectivity index (χ4v) is 2.20. The van der Waals surface area contributed by atoms with Crippen molar-refractivity contribution in [1.82, 2.24) is 5.32 Å². The average Bonchev–Trinajstić information content (AvgIpc) is 2.34. The molecule has 0 aliphatic carbocycles. The fraction of sp³-hybridized carbons (Fsp3) is 0.500. The summed E-state index contributed by atoms with van der Waals surface area (Å²) in [6, 6.07) is 3.93. The number of amides is 1. The first-order valence-electron chi connectivity index (χ1n) is 7.24. The van der Waals surface area contributed by atoms with Gasteiger partial charge in [0.15, 0.2) is 0 Å². The maximum Gasteiger partial charge on any atom is 0.243 e. The Morgan fingerprint density at radius 1 is 1.14 bits per heavy atom. The number of carbonyl (C=O) groups excluding carboxylic acids is 1. The normalized spacial score (nSPS) is 12.1. The van der Waals surface area contributed by atoms with Crippen LogP contribution in [0.4, 0.5) is 0 Å². The van der Waals surface area contributed by atoms with E-state index in [0.717, 1.165) is 16.7 Å². The molecule has 0 aliphatic heterocycles. The SMILES string of the molecule is C=CC(=O)NCc1cc(C(C)(C)C)c(O)c(C(C)(C)C)c1. The van der Waals surface area contributed by atoms with Crippen molar-refractivity contribution in [3.63, 3.8) is 0 Å². The van der Waals surface area contributed by atoms with E-state index in [1.54, 1.807) is 0 Å². The summed E-state index contributed by atoms with van der Waals surface area (Å²) in [7, 11) is 0. The molecule has 2 N–H and O–H groups in total. The average molecular weight is 289 g/mol. The molecule has 1 aromatic carbocycles. The highest BCUT2D eigenvalue weighted by atomic mass is 16.3. The first kappa shape index (κ1) is 17.3. The third kappa shape index (κ3) is 4.35. The number of carbonyl (C=O) groups is 1. The second-order valence-electron chi connectivity index (χ2n) is 7.46. The number of hydrogen-bond donors (Lipinski definition) is 2. The van der Waals surface area contributed by atoms with Gasteiger partial charge in [-0.2, -0.15) is 0 Å². The maximum atomic E-state index is 11.3. The van der Waals surface area contributed by atoms with Crippen LogP contribution in [0.1, 0.15) is 58.2 Å². The maximum absolute atomic E-state index is 11.3. The molecule has 0 radical (unpaired) electrons. The minimum absolute atomic E-state index is 0.164. The van der Waals surface area contributed by atoms with Crippen LogP contribution >= 0.6 is 0 Å². The first-order chi connectivity index (χ1) is 9.46. The van der Waals surface area contributed by atoms with Gasteiger partial charge in [-0.15, -0.1) is 0 Å². The van der Waals surface area contributed by atoms with Crippen LogP contribution in [0.15, 0.2) is 24.8 Å². The van der Waals surface area contributed by atoms with Crippen molar-refractivity contribution in [3.05, 3.63) is 41.5 Å². The van der Waals surface area contributed by atoms with Crippen molar-refractivity contribution in [2.75, 3.05) is 0 Å². The van der Waals surface area contributed by atoms with Gasteiger partial charge >= 0.3 is 0 Å². The molecule has 3 heteroatoms. The van der Waals surface area contributed by atoms with E-state index in [4.69, 9.17) is 0 Å². The Balaban J connectivity index is 3.34. The molecule has 1 aromatic rings. The topological polar surface area (TPSA) is 49.3 Å². The van der Waals surface area contributed by atoms with Gasteiger partial charge in [0.25, 0.3) is 0 Å². The lowest BCUT2D eigenvalue weighted by molar-refractivity contribution is -0.116. The van der Waals surface area contributed by atoms with Gasteiger partial charge in [-0.25, -0.2) is 0 Å². The molecule has 0 heterocycles. The highest BCUT2D eigenvalue weighted by Gasteiger charge is 2.26. The molecule has 0 saturated carbocycles. The Bertz CT molecular complexity index is 510. The molecule has 0 saturated heterocycles. The molecular weight excluding hydrogens is 262 g/mol. The smallest absolute Gasteiger partial charge is 0.243 e. The lowest BCUT2D eigenvalue weighted by Crippen LogP contribution is -2.22. The molecule has 1 amide bonds. The van der Waals surface area contributed by atoms with Gasteiger partial charge in [-0.3, -0.25) is 4.79 Å². The number of hydrogen-bond acceptors (Lipinski definition) is 2. The van der Waals surface area contributed by atoms with Crippen molar-refractivity contribution < 1.29 is 9.90 Å². The van der Waals surface area contributed by atoms with Crippen LogP contribution in [0.25, 0.3) is 0 Å². The largest absolute Gasteiger partial charge is 0.507 e. The molecule has 0 bridgehead atoms. The predicted octanol–water partition coefficient (Wildman–Crippen LogP) is 3.79. The number of phenols is 1. The van der Waals surface area contributed by atoms with Crippen LogP contribution in [0.2, 0.25) is 0 Å². The lowest BCUT2D eigenvalue weighted by atomic mass is 9.78. The van der Waals surface area contributed by atoms with Gasteiger partial charge in [0.2, 0.25) is 5.91 Å². The zero-order chi connectivity index (χ0) is 16.4. The van der Waals surface area contributed by atoms with E-state index in [1.807, 2.05) is 12.1 Å². The van der Waals surface area contributed by atoms with E-state index in [-0.39, 0.29) is 16.7 Å². The van der Waals surface area contributed by atoms with Crippen molar-refractivity contribution in [3.8, 4) is 5.75 Å². The Labute approximate surface area is 128 Å². The van der Waals surface area contributed by atoms with E-state index in [9.17, 15) is 9.90 Å². The molecule has 0 fully saturated rings. The second kappa shape index (κ2) is 5.92. The van der Waals surface area contributed by atoms with Gasteiger partial charge in [-0.1, -0.05) is 48.1 Å². The van der Waals surface area contributed by atoms with Crippen LogP contribution in [-0.4, -0.2) is 11.0 Å². The zero-order valence-corrected chi connectivity index (χ0v) is 14.0. The van der Waals surface area contributed by atoms with Gasteiger partial charge in [0, 0.05) is 6.54 Å². The summed E-state index contributed by atoms with van der Waals surface area (Å²) in [5.74, 6) is 0.159. The molecule has 0 atom stereocenters. The van der Waals surface area contributed by atoms with E-state index in [2.05, 4.69) is 53.4 Å². The van der Waals surface area contributed by atoms with Crippen molar-refractivity contribution in [2.24, 2.45) is 0 Å². The quantitative estimate of drug-likeness (QED) is 0.832. The number of rotatable bonds is 3. The molecule has 0 unspecified atom stereocenters. The molecule has 3 nitrogen and oxygen atoms in total. The molecule has 116 valence electrons. The van der Waals surface area contributed by atoms with Crippen LogP contribution in [0.3, 0.4) is 0 Å². The summed E-state index contributed by atoms with van der Waals surface area (Å²) in [5.41, 5.74) is 2.46. The van der Waals surface area contributed by atoms with Crippen LogP contribution in [0.5, 0.6) is 5.75 Å². The summed E-state index contributed by atoms with van der Waals surface area (Å²) in [4.78, 5) is 11.3. The Hall–Kier alpha value is -1.77. The highest BCUT2D eigenvalue weighted by Crippen LogP contribution is 2.39. The predicted molar refractivity (Wildman–Crippen MR) is 87.6 cm³/mol. The van der Waals surface area contributed by atoms with Gasteiger partial charge in [-0.05, 0) is 45.7 Å². The molecule has 21 heavy (non-hydrogen) atoms. The molecular formula is C18H27NO2. The third-order valence-electron chi connectivity index (χ3n) is 3.44. The number of nitrogens with one attached hydrogen (secondary N) is 1. The summed E-state index contributed by atoms with van der Waals surface area (Å²) < 4.78 is 0. The van der Waals surface area contributed by atoms with E-state index in [0.29, 0.717) is 12.3 Å². The number of aromatic hydroxyl groups is 1. The molecule has 0 spiro atoms. The zero-order valence-electron chi connectivity index (χ0n) is 14.0. The van der Waals surface area contributed by atoms with Crippen molar-refractivity contribution in [2.45, 2.75) is 58.9 Å². The summed E-state index contributed by atoms with van der Waals surface area (Å²) in [5, 5.41) is 13.4. The summed E-state index contributed by atoms with van der Waals surface area (Å²) >= 11 is 0. The Kier molecular flexibility index (Phi) is 4.87. The Morgan fingerprint density at radius 2 is 1.57 bits per heavy atom. The minimum Gasteiger partial charge on any atom is -0.507 e. The lowest BCUT2D eigenvalue weighted by Gasteiger charge is -2.28. The third-order valence-corrected chi connectivity index (χ3v) is 3.44. The molecule has 0 aromatic heterocycles. The summed E-state index contributed by atoms with van der Waals surface area (Å²) in [6.45, 7) is 16.3. The van der Waals surface area contributed by atoms with Gasteiger partial charge < -0.3 is 10.4 Å². The Morgan fingerprint density at radius 3 is 1.90 bits per heavy atom. The highest BCUT2D eigenvalue weighted by molar-refractivity contribution is 5.86. The minimum atomic E-state index is -0.197. The van der Waals surface area contributed by atoms with Crippen LogP contribution in [0, 0.1) is 0 Å². The standard InChI is InChI=1S/C18H27NO2/c1-8-15(20)19-11-12-9-13(17(2,3)4)16(21)14(10-12)18(5,6)7/h8-10,21H,1,11H2,2-7H3,(H,19,20). The molecule has 1 rings (SSSR count). The van der Waals surface area contributed by atoms with Gasteiger partial charge in [0.1, 0.15) is 5.75 Å². The van der Waals surface area contributed by atoms with Crippen molar-refractivity contribution in [1.29, 1.82) is 0 Å². The number of phenolic OH excluding ortho intramolecular Hbond substituents is 1. The van der Waals surface area contributed by atoms with E-state index in [1.165, 1.54) is 6.08 Å². The monoisotopic (exact) mass is 289 g/mol. The van der Waals surface area contributed by atoms with Crippen molar-refractivity contribution >= 4 is 5.91 Å². The first-order valence-corrected chi connectivity index (χ1v) is 7.24. The second-order valence-corrected chi connectivity index (χ2v) is 7.46. The van der Waals surface area contributed by atoms with E-state index < -0.39 is 0 Å². The van der Waals surface area contributed by atoms with Crippen LogP contribution < -0.4 is 5.32 Å². The van der Waals surface area contributed by atoms with E-state index >= 15 is 0 Å². The fourth-order valence-electron chi connectivity index (χ4n) is 2.20. The van der Waals surface area contributed by atoms with Crippen LogP contribution in [-0.2, 0) is 22.2 Å². The van der Waals surface area contributed by atoms with Gasteiger partial charge in [0.05, 0.1) is 0 Å².